The molecular formula is C12H15BrClNO3. The Morgan fingerprint density at radius 3 is 2.78 bits per heavy atom. The third kappa shape index (κ3) is 2.84. The van der Waals surface area contributed by atoms with Crippen LogP contribution < -0.4 is 0 Å². The molecule has 0 amide bonds. The van der Waals surface area contributed by atoms with Crippen LogP contribution in [0, 0.1) is 0 Å². The van der Waals surface area contributed by atoms with E-state index < -0.39 is 11.6 Å². The zero-order chi connectivity index (χ0) is 13.8. The van der Waals surface area contributed by atoms with Crippen LogP contribution in [-0.2, 0) is 20.5 Å². The van der Waals surface area contributed by atoms with Crippen molar-refractivity contribution in [2.45, 2.75) is 31.2 Å². The van der Waals surface area contributed by atoms with Crippen molar-refractivity contribution >= 4 is 33.5 Å². The minimum absolute atomic E-state index is 0.201. The molecule has 6 heteroatoms. The van der Waals surface area contributed by atoms with Gasteiger partial charge in [-0.25, -0.2) is 9.78 Å². The molecule has 0 saturated heterocycles. The predicted octanol–water partition coefficient (Wildman–Crippen LogP) is 2.79. The Morgan fingerprint density at radius 2 is 2.28 bits per heavy atom. The molecule has 0 radical (unpaired) electrons. The molecule has 1 rings (SSSR count). The van der Waals surface area contributed by atoms with E-state index in [1.54, 1.807) is 19.9 Å². The van der Waals surface area contributed by atoms with Gasteiger partial charge in [-0.05, 0) is 19.4 Å². The van der Waals surface area contributed by atoms with Gasteiger partial charge in [0.05, 0.1) is 6.61 Å². The number of hydrogen-bond acceptors (Lipinski definition) is 4. The van der Waals surface area contributed by atoms with E-state index in [1.807, 2.05) is 0 Å². The van der Waals surface area contributed by atoms with Crippen molar-refractivity contribution in [3.05, 3.63) is 28.5 Å². The number of rotatable bonds is 5. The van der Waals surface area contributed by atoms with Crippen LogP contribution in [0.25, 0.3) is 0 Å². The van der Waals surface area contributed by atoms with Gasteiger partial charge in [0.15, 0.2) is 5.60 Å². The Bertz CT molecular complexity index is 441. The number of pyridine rings is 1. The topological polar surface area (TPSA) is 59.4 Å². The first kappa shape index (κ1) is 15.4. The number of carbonyl (C=O) groups excluding carboxylic acids is 1. The molecule has 0 bridgehead atoms. The molecule has 1 aromatic heterocycles. The van der Waals surface area contributed by atoms with E-state index in [2.05, 4.69) is 20.9 Å². The molecule has 1 N–H and O–H groups in total. The van der Waals surface area contributed by atoms with Crippen molar-refractivity contribution in [3.63, 3.8) is 0 Å². The van der Waals surface area contributed by atoms with Gasteiger partial charge in [0.25, 0.3) is 0 Å². The monoisotopic (exact) mass is 335 g/mol. The second-order valence-corrected chi connectivity index (χ2v) is 4.61. The Hall–Kier alpha value is -0.650. The summed E-state index contributed by atoms with van der Waals surface area (Å²) in [7, 11) is 0. The summed E-state index contributed by atoms with van der Waals surface area (Å²) in [5.74, 6) is -0.669. The highest BCUT2D eigenvalue weighted by molar-refractivity contribution is 9.08. The fraction of sp³-hybridized carbons (Fsp3) is 0.500. The van der Waals surface area contributed by atoms with Crippen LogP contribution in [0.1, 0.15) is 31.4 Å². The number of aromatic nitrogens is 1. The summed E-state index contributed by atoms with van der Waals surface area (Å²) in [5, 5.41) is 11.2. The zero-order valence-electron chi connectivity index (χ0n) is 10.2. The molecule has 1 heterocycles. The van der Waals surface area contributed by atoms with Crippen LogP contribution in [0.2, 0.25) is 5.15 Å². The first-order valence-electron chi connectivity index (χ1n) is 5.60. The maximum atomic E-state index is 11.9. The maximum absolute atomic E-state index is 11.9. The van der Waals surface area contributed by atoms with Crippen LogP contribution >= 0.6 is 27.5 Å². The predicted molar refractivity (Wildman–Crippen MR) is 72.7 cm³/mol. The van der Waals surface area contributed by atoms with Gasteiger partial charge in [-0.1, -0.05) is 34.5 Å². The van der Waals surface area contributed by atoms with Crippen molar-refractivity contribution in [2.24, 2.45) is 0 Å². The summed E-state index contributed by atoms with van der Waals surface area (Å²) in [6, 6.07) is 1.59. The molecule has 1 unspecified atom stereocenters. The summed E-state index contributed by atoms with van der Waals surface area (Å²) in [6.45, 7) is 3.62. The van der Waals surface area contributed by atoms with Gasteiger partial charge in [-0.3, -0.25) is 0 Å². The number of hydrogen-bond donors (Lipinski definition) is 1. The molecule has 0 aliphatic carbocycles. The summed E-state index contributed by atoms with van der Waals surface area (Å²) >= 11 is 9.25. The maximum Gasteiger partial charge on any atom is 0.342 e. The number of ether oxygens (including phenoxy) is 1. The second-order valence-electron chi connectivity index (χ2n) is 3.70. The van der Waals surface area contributed by atoms with E-state index in [9.17, 15) is 9.90 Å². The van der Waals surface area contributed by atoms with Gasteiger partial charge in [0, 0.05) is 22.7 Å². The lowest BCUT2D eigenvalue weighted by Gasteiger charge is -2.26. The van der Waals surface area contributed by atoms with Crippen LogP contribution in [0.4, 0.5) is 0 Å². The largest absolute Gasteiger partial charge is 0.464 e. The molecule has 1 atom stereocenters. The third-order valence-electron chi connectivity index (χ3n) is 2.71. The van der Waals surface area contributed by atoms with Crippen molar-refractivity contribution < 1.29 is 14.6 Å². The lowest BCUT2D eigenvalue weighted by Crippen LogP contribution is -2.37. The molecule has 0 aliphatic rings. The minimum atomic E-state index is -1.69. The fourth-order valence-electron chi connectivity index (χ4n) is 1.68. The Balaban J connectivity index is 3.32. The molecule has 1 aromatic rings. The van der Waals surface area contributed by atoms with E-state index in [1.165, 1.54) is 6.20 Å². The smallest absolute Gasteiger partial charge is 0.342 e. The van der Waals surface area contributed by atoms with Crippen LogP contribution in [0.5, 0.6) is 0 Å². The van der Waals surface area contributed by atoms with Gasteiger partial charge in [-0.15, -0.1) is 0 Å². The molecular weight excluding hydrogens is 321 g/mol. The molecule has 0 aromatic carbocycles. The summed E-state index contributed by atoms with van der Waals surface area (Å²) in [6.07, 6.45) is 1.66. The normalized spacial score (nSPS) is 14.1. The number of esters is 1. The van der Waals surface area contributed by atoms with Gasteiger partial charge >= 0.3 is 5.97 Å². The van der Waals surface area contributed by atoms with Gasteiger partial charge < -0.3 is 9.84 Å². The number of carbonyl (C=O) groups is 1. The molecule has 18 heavy (non-hydrogen) atoms. The molecule has 0 fully saturated rings. The molecule has 100 valence electrons. The average Bonchev–Trinajstić information content (AvgIpc) is 2.37. The summed E-state index contributed by atoms with van der Waals surface area (Å²) in [4.78, 5) is 15.9. The van der Waals surface area contributed by atoms with E-state index in [4.69, 9.17) is 16.3 Å². The molecule has 0 saturated carbocycles. The number of alkyl halides is 1. The highest BCUT2D eigenvalue weighted by atomic mass is 79.9. The lowest BCUT2D eigenvalue weighted by atomic mass is 9.89. The minimum Gasteiger partial charge on any atom is -0.464 e. The van der Waals surface area contributed by atoms with E-state index in [0.29, 0.717) is 16.5 Å². The Kier molecular flexibility index (Phi) is 5.56. The van der Waals surface area contributed by atoms with Gasteiger partial charge in [0.1, 0.15) is 5.15 Å². The zero-order valence-corrected chi connectivity index (χ0v) is 12.6. The first-order valence-corrected chi connectivity index (χ1v) is 7.10. The van der Waals surface area contributed by atoms with Gasteiger partial charge in [-0.2, -0.15) is 0 Å². The molecule has 0 spiro atoms. The highest BCUT2D eigenvalue weighted by Crippen LogP contribution is 2.33. The Morgan fingerprint density at radius 1 is 1.61 bits per heavy atom. The van der Waals surface area contributed by atoms with E-state index >= 15 is 0 Å². The van der Waals surface area contributed by atoms with E-state index in [0.717, 1.165) is 0 Å². The average molecular weight is 337 g/mol. The van der Waals surface area contributed by atoms with Crippen molar-refractivity contribution in [3.8, 4) is 0 Å². The quantitative estimate of drug-likeness (QED) is 0.510. The fourth-order valence-corrected chi connectivity index (χ4v) is 2.63. The standard InChI is InChI=1S/C12H15BrClNO3/c1-3-12(17,11(16)18-4-2)9-5-6-15-10(14)8(9)7-13/h5-6,17H,3-4,7H2,1-2H3. The second kappa shape index (κ2) is 6.50. The van der Waals surface area contributed by atoms with Crippen molar-refractivity contribution in [1.82, 2.24) is 4.98 Å². The van der Waals surface area contributed by atoms with Gasteiger partial charge in [0.2, 0.25) is 0 Å². The molecule has 0 aliphatic heterocycles. The number of halogens is 2. The number of aliphatic hydroxyl groups is 1. The number of nitrogens with zero attached hydrogens (tertiary/aromatic N) is 1. The Labute approximate surface area is 119 Å². The van der Waals surface area contributed by atoms with Crippen LogP contribution in [0.3, 0.4) is 0 Å². The molecule has 4 nitrogen and oxygen atoms in total. The third-order valence-corrected chi connectivity index (χ3v) is 3.59. The van der Waals surface area contributed by atoms with Crippen LogP contribution in [-0.4, -0.2) is 22.7 Å². The summed E-state index contributed by atoms with van der Waals surface area (Å²) < 4.78 is 4.92. The van der Waals surface area contributed by atoms with Crippen LogP contribution in [0.15, 0.2) is 12.3 Å². The first-order chi connectivity index (χ1) is 8.51. The SMILES string of the molecule is CCOC(=O)C(O)(CC)c1ccnc(Cl)c1CBr. The van der Waals surface area contributed by atoms with E-state index in [-0.39, 0.29) is 18.2 Å². The van der Waals surface area contributed by atoms with Crippen molar-refractivity contribution in [2.75, 3.05) is 6.61 Å². The highest BCUT2D eigenvalue weighted by Gasteiger charge is 2.39. The lowest BCUT2D eigenvalue weighted by molar-refractivity contribution is -0.166. The summed E-state index contributed by atoms with van der Waals surface area (Å²) in [5.41, 5.74) is -0.664. The van der Waals surface area contributed by atoms with Crippen molar-refractivity contribution in [1.29, 1.82) is 0 Å².